The Kier molecular flexibility index (Phi) is 4.29. The molecule has 0 spiro atoms. The van der Waals surface area contributed by atoms with Gasteiger partial charge in [-0.1, -0.05) is 18.7 Å². The van der Waals surface area contributed by atoms with Crippen LogP contribution in [0.15, 0.2) is 61.3 Å². The molecule has 0 unspecified atom stereocenters. The van der Waals surface area contributed by atoms with E-state index in [9.17, 15) is 5.11 Å². The molecule has 0 atom stereocenters. The highest BCUT2D eigenvalue weighted by atomic mass is 16.3. The van der Waals surface area contributed by atoms with Gasteiger partial charge in [0.25, 0.3) is 0 Å². The molecule has 24 heavy (non-hydrogen) atoms. The summed E-state index contributed by atoms with van der Waals surface area (Å²) in [6, 6.07) is 11.2. The van der Waals surface area contributed by atoms with E-state index in [0.29, 0.717) is 0 Å². The summed E-state index contributed by atoms with van der Waals surface area (Å²) in [7, 11) is 3.92. The lowest BCUT2D eigenvalue weighted by atomic mass is 10.0. The monoisotopic (exact) mass is 316 g/mol. The normalized spacial score (nSPS) is 11.1. The van der Waals surface area contributed by atoms with Crippen LogP contribution in [0.5, 0.6) is 5.75 Å². The fraction of sp³-hybridized carbons (Fsp3) is 0.100. The highest BCUT2D eigenvalue weighted by Gasteiger charge is 2.09. The molecule has 0 saturated carbocycles. The van der Waals surface area contributed by atoms with Gasteiger partial charge in [-0.05, 0) is 42.5 Å². The van der Waals surface area contributed by atoms with Crippen LogP contribution in [-0.4, -0.2) is 29.2 Å². The number of rotatable bonds is 4. The third kappa shape index (κ3) is 3.13. The minimum atomic E-state index is 0.228. The zero-order valence-corrected chi connectivity index (χ0v) is 13.8. The van der Waals surface area contributed by atoms with Crippen LogP contribution in [0.3, 0.4) is 0 Å². The summed E-state index contributed by atoms with van der Waals surface area (Å²) in [4.78, 5) is 11.1. The molecule has 2 heterocycles. The minimum absolute atomic E-state index is 0.228. The van der Waals surface area contributed by atoms with E-state index in [0.717, 1.165) is 33.5 Å². The molecule has 0 fully saturated rings. The van der Waals surface area contributed by atoms with E-state index < -0.39 is 0 Å². The number of aromatic hydroxyl groups is 1. The maximum Gasteiger partial charge on any atom is 0.127 e. The third-order valence-corrected chi connectivity index (χ3v) is 3.74. The Bertz CT molecular complexity index is 912. The van der Waals surface area contributed by atoms with Crippen molar-refractivity contribution < 1.29 is 5.11 Å². The summed E-state index contributed by atoms with van der Waals surface area (Å²) in [6.45, 7) is 3.72. The first-order chi connectivity index (χ1) is 11.6. The molecule has 3 aromatic rings. The van der Waals surface area contributed by atoms with E-state index in [1.807, 2.05) is 61.6 Å². The van der Waals surface area contributed by atoms with Crippen LogP contribution in [0.25, 0.3) is 28.1 Å². The van der Waals surface area contributed by atoms with Crippen molar-refractivity contribution in [2.45, 2.75) is 0 Å². The van der Waals surface area contributed by atoms with E-state index in [1.54, 1.807) is 18.2 Å². The summed E-state index contributed by atoms with van der Waals surface area (Å²) in [5.41, 5.74) is 3.61. The summed E-state index contributed by atoms with van der Waals surface area (Å²) < 4.78 is 0. The average Bonchev–Trinajstić information content (AvgIpc) is 2.59. The van der Waals surface area contributed by atoms with Crippen molar-refractivity contribution in [2.75, 3.05) is 19.0 Å². The Morgan fingerprint density at radius 1 is 1.12 bits per heavy atom. The molecule has 120 valence electrons. The number of phenolic OH excluding ortho intramolecular Hbond substituents is 1. The predicted molar refractivity (Wildman–Crippen MR) is 100 cm³/mol. The lowest BCUT2D eigenvalue weighted by molar-refractivity contribution is 0.476. The van der Waals surface area contributed by atoms with Gasteiger partial charge in [0.2, 0.25) is 0 Å². The van der Waals surface area contributed by atoms with Crippen LogP contribution in [0.2, 0.25) is 0 Å². The van der Waals surface area contributed by atoms with Crippen LogP contribution >= 0.6 is 0 Å². The first-order valence-corrected chi connectivity index (χ1v) is 7.65. The topological polar surface area (TPSA) is 49.3 Å². The van der Waals surface area contributed by atoms with Gasteiger partial charge >= 0.3 is 0 Å². The van der Waals surface area contributed by atoms with Crippen LogP contribution in [0.4, 0.5) is 5.82 Å². The number of nitrogens with zero attached hydrogens (tertiary/aromatic N) is 3. The Labute approximate surface area is 141 Å². The standard InChI is InChI=1S/C20H19N3O/c1-4-5-6-19-17(14-7-10-20(21-13-14)23(2)3)12-15-11-16(24)8-9-18(15)22-19/h4-13,24H,1H2,2-3H3/i2-1. The van der Waals surface area contributed by atoms with Gasteiger partial charge < -0.3 is 10.0 Å². The van der Waals surface area contributed by atoms with Gasteiger partial charge in [0, 0.05) is 36.8 Å². The quantitative estimate of drug-likeness (QED) is 0.730. The second-order valence-electron chi connectivity index (χ2n) is 5.69. The molecule has 0 aliphatic heterocycles. The first kappa shape index (κ1) is 15.7. The van der Waals surface area contributed by atoms with E-state index in [2.05, 4.69) is 11.6 Å². The average molecular weight is 316 g/mol. The summed E-state index contributed by atoms with van der Waals surface area (Å²) >= 11 is 0. The molecular formula is C20H19N3O. The van der Waals surface area contributed by atoms with Gasteiger partial charge in [0.15, 0.2) is 0 Å². The fourth-order valence-corrected chi connectivity index (χ4v) is 2.51. The molecule has 3 rings (SSSR count). The zero-order chi connectivity index (χ0) is 17.1. The van der Waals surface area contributed by atoms with Crippen molar-refractivity contribution >= 4 is 22.8 Å². The van der Waals surface area contributed by atoms with Crippen molar-refractivity contribution in [3.63, 3.8) is 0 Å². The third-order valence-electron chi connectivity index (χ3n) is 3.74. The molecule has 1 aromatic carbocycles. The van der Waals surface area contributed by atoms with E-state index in [1.165, 1.54) is 0 Å². The molecule has 0 aliphatic rings. The molecule has 4 heteroatoms. The van der Waals surface area contributed by atoms with E-state index in [4.69, 9.17) is 4.98 Å². The van der Waals surface area contributed by atoms with Crippen molar-refractivity contribution in [2.24, 2.45) is 0 Å². The predicted octanol–water partition coefficient (Wildman–Crippen LogP) is 4.27. The minimum Gasteiger partial charge on any atom is -0.508 e. The summed E-state index contributed by atoms with van der Waals surface area (Å²) in [5, 5.41) is 10.6. The number of pyridine rings is 2. The summed E-state index contributed by atoms with van der Waals surface area (Å²) in [6.07, 6.45) is 7.35. The number of aromatic nitrogens is 2. The van der Waals surface area contributed by atoms with Crippen LogP contribution in [0.1, 0.15) is 5.69 Å². The lowest BCUT2D eigenvalue weighted by Gasteiger charge is -2.13. The van der Waals surface area contributed by atoms with Crippen LogP contribution in [-0.2, 0) is 0 Å². The number of hydrogen-bond acceptors (Lipinski definition) is 4. The van der Waals surface area contributed by atoms with Crippen molar-refractivity contribution in [3.05, 3.63) is 67.0 Å². The number of hydrogen-bond donors (Lipinski definition) is 1. The Morgan fingerprint density at radius 3 is 2.62 bits per heavy atom. The van der Waals surface area contributed by atoms with Gasteiger partial charge in [-0.15, -0.1) is 0 Å². The van der Waals surface area contributed by atoms with Crippen LogP contribution in [0, 0.1) is 0 Å². The molecular weight excluding hydrogens is 297 g/mol. The number of allylic oxidation sites excluding steroid dienone is 2. The summed E-state index contributed by atoms with van der Waals surface area (Å²) in [5.74, 6) is 1.12. The maximum atomic E-state index is 9.73. The molecule has 0 bridgehead atoms. The number of fused-ring (bicyclic) bond motifs is 1. The van der Waals surface area contributed by atoms with E-state index >= 15 is 0 Å². The zero-order valence-electron chi connectivity index (χ0n) is 13.8. The lowest BCUT2D eigenvalue weighted by Crippen LogP contribution is -2.10. The van der Waals surface area contributed by atoms with Gasteiger partial charge in [-0.2, -0.15) is 0 Å². The van der Waals surface area contributed by atoms with Gasteiger partial charge in [0.1, 0.15) is 11.6 Å². The van der Waals surface area contributed by atoms with Gasteiger partial charge in [-0.25, -0.2) is 9.97 Å². The van der Waals surface area contributed by atoms with Crippen LogP contribution < -0.4 is 4.90 Å². The van der Waals surface area contributed by atoms with Gasteiger partial charge in [-0.3, -0.25) is 0 Å². The molecule has 0 saturated heterocycles. The SMILES string of the molecule is C=CC=Cc1nc2ccc(O)cc2cc1-c1ccc(N(C)[11CH3])nc1. The number of anilines is 1. The highest BCUT2D eigenvalue weighted by Crippen LogP contribution is 2.29. The van der Waals surface area contributed by atoms with Crippen molar-refractivity contribution in [1.29, 1.82) is 0 Å². The Morgan fingerprint density at radius 2 is 1.96 bits per heavy atom. The van der Waals surface area contributed by atoms with E-state index in [-0.39, 0.29) is 5.75 Å². The number of benzene rings is 1. The molecule has 0 aliphatic carbocycles. The molecule has 2 aromatic heterocycles. The first-order valence-electron chi connectivity index (χ1n) is 7.65. The molecule has 4 nitrogen and oxygen atoms in total. The molecule has 1 N–H and O–H groups in total. The molecule has 0 radical (unpaired) electrons. The Balaban J connectivity index is 2.19. The Hall–Kier alpha value is -3.14. The van der Waals surface area contributed by atoms with Crippen molar-refractivity contribution in [3.8, 4) is 16.9 Å². The fourth-order valence-electron chi connectivity index (χ4n) is 2.51. The smallest absolute Gasteiger partial charge is 0.127 e. The largest absolute Gasteiger partial charge is 0.508 e. The molecule has 0 amide bonds. The van der Waals surface area contributed by atoms with Crippen molar-refractivity contribution in [1.82, 2.24) is 9.97 Å². The van der Waals surface area contributed by atoms with Gasteiger partial charge in [0.05, 0.1) is 11.2 Å². The second-order valence-corrected chi connectivity index (χ2v) is 5.69. The highest BCUT2D eigenvalue weighted by molar-refractivity contribution is 5.88. The maximum absolute atomic E-state index is 9.73. The number of phenols is 1. The second kappa shape index (κ2) is 6.54.